The summed E-state index contributed by atoms with van der Waals surface area (Å²) in [6.07, 6.45) is 1.70. The zero-order valence-electron chi connectivity index (χ0n) is 10.7. The van der Waals surface area contributed by atoms with E-state index in [1.54, 1.807) is 7.05 Å². The Morgan fingerprint density at radius 3 is 2.80 bits per heavy atom. The molecule has 3 N–H and O–H groups in total. The monoisotopic (exact) mass is 298 g/mol. The van der Waals surface area contributed by atoms with Crippen molar-refractivity contribution in [1.29, 1.82) is 0 Å². The van der Waals surface area contributed by atoms with Gasteiger partial charge in [-0.1, -0.05) is 0 Å². The number of piperidine rings is 1. The summed E-state index contributed by atoms with van der Waals surface area (Å²) in [4.78, 5) is 26.5. The molecular weight excluding hydrogens is 284 g/mol. The van der Waals surface area contributed by atoms with Crippen LogP contribution in [-0.2, 0) is 19.6 Å². The summed E-state index contributed by atoms with van der Waals surface area (Å²) in [5.74, 6) is -0.852. The van der Waals surface area contributed by atoms with E-state index >= 15 is 0 Å². The Morgan fingerprint density at radius 1 is 1.40 bits per heavy atom. The highest BCUT2D eigenvalue weighted by Gasteiger charge is 2.31. The molecule has 0 aliphatic carbocycles. The third-order valence-corrected chi connectivity index (χ3v) is 4.34. The van der Waals surface area contributed by atoms with Crippen LogP contribution in [0.25, 0.3) is 0 Å². The Kier molecular flexibility index (Phi) is 4.00. The first-order chi connectivity index (χ1) is 9.44. The molecule has 1 aromatic rings. The summed E-state index contributed by atoms with van der Waals surface area (Å²) in [6.45, 7) is 0. The van der Waals surface area contributed by atoms with Crippen molar-refractivity contribution in [3.05, 3.63) is 18.3 Å². The van der Waals surface area contributed by atoms with Gasteiger partial charge < -0.3 is 5.32 Å². The number of hydrogen-bond acceptors (Lipinski definition) is 6. The van der Waals surface area contributed by atoms with Crippen molar-refractivity contribution in [2.75, 3.05) is 12.4 Å². The predicted octanol–water partition coefficient (Wildman–Crippen LogP) is -0.793. The number of imide groups is 1. The van der Waals surface area contributed by atoms with Gasteiger partial charge in [-0.05, 0) is 18.6 Å². The molecule has 2 heterocycles. The normalized spacial score (nSPS) is 19.6. The van der Waals surface area contributed by atoms with E-state index in [2.05, 4.69) is 20.3 Å². The van der Waals surface area contributed by atoms with Gasteiger partial charge in [0.05, 0.1) is 0 Å². The smallest absolute Gasteiger partial charge is 0.244 e. The maximum atomic E-state index is 12.3. The van der Waals surface area contributed by atoms with Gasteiger partial charge in [0.25, 0.3) is 0 Å². The lowest BCUT2D eigenvalue weighted by molar-refractivity contribution is -0.134. The Balaban J connectivity index is 2.23. The van der Waals surface area contributed by atoms with Gasteiger partial charge >= 0.3 is 0 Å². The summed E-state index contributed by atoms with van der Waals surface area (Å²) in [7, 11) is -2.35. The fraction of sp³-hybridized carbons (Fsp3) is 0.364. The summed E-state index contributed by atoms with van der Waals surface area (Å²) in [5, 5.41) is 4.77. The highest BCUT2D eigenvalue weighted by Crippen LogP contribution is 2.18. The molecule has 20 heavy (non-hydrogen) atoms. The number of hydrogen-bond donors (Lipinski definition) is 3. The summed E-state index contributed by atoms with van der Waals surface area (Å²) >= 11 is 0. The molecule has 1 atom stereocenters. The minimum atomic E-state index is -3.90. The maximum Gasteiger partial charge on any atom is 0.244 e. The zero-order valence-corrected chi connectivity index (χ0v) is 11.5. The predicted molar refractivity (Wildman–Crippen MR) is 70.3 cm³/mol. The van der Waals surface area contributed by atoms with Gasteiger partial charge in [0.1, 0.15) is 16.8 Å². The Morgan fingerprint density at radius 2 is 2.15 bits per heavy atom. The molecule has 0 saturated carbocycles. The first-order valence-electron chi connectivity index (χ1n) is 5.93. The van der Waals surface area contributed by atoms with Crippen LogP contribution >= 0.6 is 0 Å². The lowest BCUT2D eigenvalue weighted by atomic mass is 10.1. The van der Waals surface area contributed by atoms with E-state index in [-0.39, 0.29) is 23.6 Å². The Labute approximate surface area is 116 Å². The number of aromatic nitrogens is 1. The highest BCUT2D eigenvalue weighted by atomic mass is 32.2. The van der Waals surface area contributed by atoms with Crippen molar-refractivity contribution >= 4 is 27.7 Å². The fourth-order valence-corrected chi connectivity index (χ4v) is 3.25. The SMILES string of the molecule is CNc1ncccc1S(=O)(=O)NC1CCC(=O)NC1=O. The van der Waals surface area contributed by atoms with Crippen LogP contribution in [0.3, 0.4) is 0 Å². The lowest BCUT2D eigenvalue weighted by Gasteiger charge is -2.22. The molecular formula is C11H14N4O4S. The molecule has 1 unspecified atom stereocenters. The van der Waals surface area contributed by atoms with Crippen molar-refractivity contribution in [1.82, 2.24) is 15.0 Å². The van der Waals surface area contributed by atoms with Gasteiger partial charge in [0.2, 0.25) is 21.8 Å². The van der Waals surface area contributed by atoms with Crippen LogP contribution in [0.4, 0.5) is 5.82 Å². The molecule has 0 bridgehead atoms. The maximum absolute atomic E-state index is 12.3. The number of rotatable bonds is 4. The largest absolute Gasteiger partial charge is 0.372 e. The highest BCUT2D eigenvalue weighted by molar-refractivity contribution is 7.89. The van der Waals surface area contributed by atoms with Crippen LogP contribution in [0.15, 0.2) is 23.2 Å². The minimum absolute atomic E-state index is 0.0489. The molecule has 108 valence electrons. The molecule has 2 rings (SSSR count). The molecule has 1 saturated heterocycles. The van der Waals surface area contributed by atoms with E-state index < -0.39 is 27.9 Å². The first-order valence-corrected chi connectivity index (χ1v) is 7.41. The van der Waals surface area contributed by atoms with Crippen molar-refractivity contribution in [2.45, 2.75) is 23.8 Å². The lowest BCUT2D eigenvalue weighted by Crippen LogP contribution is -2.52. The van der Waals surface area contributed by atoms with Crippen LogP contribution in [0, 0.1) is 0 Å². The van der Waals surface area contributed by atoms with E-state index in [9.17, 15) is 18.0 Å². The van der Waals surface area contributed by atoms with Crippen molar-refractivity contribution in [3.63, 3.8) is 0 Å². The summed E-state index contributed by atoms with van der Waals surface area (Å²) < 4.78 is 26.8. The number of sulfonamides is 1. The topological polar surface area (TPSA) is 117 Å². The molecule has 2 amide bonds. The molecule has 8 nitrogen and oxygen atoms in total. The second-order valence-electron chi connectivity index (χ2n) is 4.23. The molecule has 0 aromatic carbocycles. The van der Waals surface area contributed by atoms with Gasteiger partial charge in [0, 0.05) is 19.7 Å². The number of nitrogens with zero attached hydrogens (tertiary/aromatic N) is 1. The van der Waals surface area contributed by atoms with Gasteiger partial charge in [-0.2, -0.15) is 4.72 Å². The second-order valence-corrected chi connectivity index (χ2v) is 5.91. The van der Waals surface area contributed by atoms with E-state index in [0.29, 0.717) is 0 Å². The number of anilines is 1. The van der Waals surface area contributed by atoms with Crippen LogP contribution in [-0.4, -0.2) is 38.3 Å². The van der Waals surface area contributed by atoms with Gasteiger partial charge in [-0.3, -0.25) is 14.9 Å². The molecule has 9 heteroatoms. The fourth-order valence-electron chi connectivity index (χ4n) is 1.85. The number of pyridine rings is 1. The van der Waals surface area contributed by atoms with Crippen molar-refractivity contribution in [2.24, 2.45) is 0 Å². The van der Waals surface area contributed by atoms with E-state index in [1.165, 1.54) is 18.3 Å². The molecule has 0 spiro atoms. The van der Waals surface area contributed by atoms with E-state index in [0.717, 1.165) is 0 Å². The number of nitrogens with one attached hydrogen (secondary N) is 3. The van der Waals surface area contributed by atoms with Crippen LogP contribution < -0.4 is 15.4 Å². The van der Waals surface area contributed by atoms with Crippen LogP contribution in [0.2, 0.25) is 0 Å². The molecule has 1 aliphatic rings. The van der Waals surface area contributed by atoms with E-state index in [4.69, 9.17) is 0 Å². The summed E-state index contributed by atoms with van der Waals surface area (Å²) in [5.41, 5.74) is 0. The van der Waals surface area contributed by atoms with Gasteiger partial charge in [0.15, 0.2) is 0 Å². The quantitative estimate of drug-likeness (QED) is 0.627. The molecule has 1 aliphatic heterocycles. The third kappa shape index (κ3) is 2.94. The van der Waals surface area contributed by atoms with E-state index in [1.807, 2.05) is 0 Å². The second kappa shape index (κ2) is 5.55. The number of carbonyl (C=O) groups excluding carboxylic acids is 2. The number of carbonyl (C=O) groups is 2. The van der Waals surface area contributed by atoms with Crippen molar-refractivity contribution in [3.8, 4) is 0 Å². The Hall–Kier alpha value is -2.00. The molecule has 0 radical (unpaired) electrons. The third-order valence-electron chi connectivity index (χ3n) is 2.83. The number of amides is 2. The molecule has 1 fully saturated rings. The van der Waals surface area contributed by atoms with Gasteiger partial charge in [-0.25, -0.2) is 13.4 Å². The zero-order chi connectivity index (χ0) is 14.8. The average Bonchev–Trinajstić information content (AvgIpc) is 2.42. The Bertz CT molecular complexity index is 644. The first kappa shape index (κ1) is 14.4. The average molecular weight is 298 g/mol. The summed E-state index contributed by atoms with van der Waals surface area (Å²) in [6, 6.07) is 1.91. The van der Waals surface area contributed by atoms with Crippen LogP contribution in [0.1, 0.15) is 12.8 Å². The van der Waals surface area contributed by atoms with Gasteiger partial charge in [-0.15, -0.1) is 0 Å². The standard InChI is InChI=1S/C11H14N4O4S/c1-12-10-8(3-2-6-13-10)20(18,19)15-7-4-5-9(16)14-11(7)17/h2-3,6-7,15H,4-5H2,1H3,(H,12,13)(H,14,16,17). The molecule has 1 aromatic heterocycles. The van der Waals surface area contributed by atoms with Crippen LogP contribution in [0.5, 0.6) is 0 Å². The van der Waals surface area contributed by atoms with Crippen molar-refractivity contribution < 1.29 is 18.0 Å². The minimum Gasteiger partial charge on any atom is -0.372 e.